The molecule has 0 saturated carbocycles. The maximum absolute atomic E-state index is 8.68. The van der Waals surface area contributed by atoms with Gasteiger partial charge in [0.25, 0.3) is 0 Å². The first-order chi connectivity index (χ1) is 7.77. The average molecular weight is 233 g/mol. The van der Waals surface area contributed by atoms with E-state index in [0.29, 0.717) is 23.6 Å². The molecule has 0 spiro atoms. The Labute approximate surface area is 98.4 Å². The zero-order valence-electron chi connectivity index (χ0n) is 8.47. The fourth-order valence-corrected chi connectivity index (χ4v) is 1.35. The molecule has 4 nitrogen and oxygen atoms in total. The van der Waals surface area contributed by atoms with Crippen LogP contribution in [-0.2, 0) is 0 Å². The second kappa shape index (κ2) is 6.52. The van der Waals surface area contributed by atoms with Gasteiger partial charge in [0.1, 0.15) is 6.07 Å². The molecule has 0 bridgehead atoms. The first kappa shape index (κ1) is 12.1. The highest BCUT2D eigenvalue weighted by molar-refractivity contribution is 6.31. The minimum Gasteiger partial charge on any atom is -0.192 e. The van der Waals surface area contributed by atoms with Crippen LogP contribution in [-0.4, -0.2) is 6.54 Å². The van der Waals surface area contributed by atoms with E-state index >= 15 is 0 Å². The van der Waals surface area contributed by atoms with E-state index < -0.39 is 0 Å². The van der Waals surface area contributed by atoms with Gasteiger partial charge >= 0.3 is 0 Å². The molecule has 80 valence electrons. The maximum Gasteiger partial charge on any atom is 0.101 e. The molecule has 1 aromatic carbocycles. The van der Waals surface area contributed by atoms with Crippen LogP contribution in [0, 0.1) is 11.3 Å². The second-order valence-electron chi connectivity index (χ2n) is 3.00. The Kier molecular flexibility index (Phi) is 4.94. The van der Waals surface area contributed by atoms with E-state index in [1.165, 1.54) is 0 Å². The second-order valence-corrected chi connectivity index (χ2v) is 3.40. The van der Waals surface area contributed by atoms with Crippen LogP contribution in [0.25, 0.3) is 16.5 Å². The van der Waals surface area contributed by atoms with E-state index in [0.717, 1.165) is 5.56 Å². The molecule has 1 aromatic rings. The Balaban J connectivity index is 2.65. The summed E-state index contributed by atoms with van der Waals surface area (Å²) < 4.78 is 0. The molecular weight excluding hydrogens is 224 g/mol. The molecule has 0 N–H and O–H groups in total. The zero-order valence-corrected chi connectivity index (χ0v) is 9.22. The maximum atomic E-state index is 8.68. The topological polar surface area (TPSA) is 72.5 Å². The van der Waals surface area contributed by atoms with Gasteiger partial charge in [-0.15, -0.1) is 0 Å². The van der Waals surface area contributed by atoms with Crippen LogP contribution >= 0.6 is 11.6 Å². The molecule has 0 saturated heterocycles. The number of hydrogen-bond acceptors (Lipinski definition) is 2. The van der Waals surface area contributed by atoms with Gasteiger partial charge in [0.05, 0.1) is 10.6 Å². The molecule has 0 fully saturated rings. The van der Waals surface area contributed by atoms with Gasteiger partial charge in [0.15, 0.2) is 0 Å². The molecule has 0 aliphatic rings. The van der Waals surface area contributed by atoms with E-state index in [-0.39, 0.29) is 0 Å². The van der Waals surface area contributed by atoms with Crippen molar-refractivity contribution in [2.45, 2.75) is 6.42 Å². The van der Waals surface area contributed by atoms with Gasteiger partial charge in [-0.2, -0.15) is 5.26 Å². The Morgan fingerprint density at radius 3 is 3.00 bits per heavy atom. The largest absolute Gasteiger partial charge is 0.192 e. The number of nitrogens with zero attached hydrogens (tertiary/aromatic N) is 4. The summed E-state index contributed by atoms with van der Waals surface area (Å²) in [6.07, 6.45) is 4.45. The van der Waals surface area contributed by atoms with Gasteiger partial charge in [0, 0.05) is 11.5 Å². The molecule has 0 unspecified atom stereocenters. The highest BCUT2D eigenvalue weighted by atomic mass is 35.5. The van der Waals surface area contributed by atoms with E-state index in [4.69, 9.17) is 22.4 Å². The fraction of sp³-hybridized carbons (Fsp3) is 0.182. The summed E-state index contributed by atoms with van der Waals surface area (Å²) in [6.45, 7) is 0.441. The van der Waals surface area contributed by atoms with Crippen molar-refractivity contribution in [2.24, 2.45) is 5.11 Å². The normalized spacial score (nSPS) is 9.75. The SMILES string of the molecule is N#Cc1ccc(C=CCCN=[N+]=[N-])cc1Cl. The Bertz CT molecular complexity index is 481. The number of halogens is 1. The number of nitriles is 1. The average Bonchev–Trinajstić information content (AvgIpc) is 2.29. The van der Waals surface area contributed by atoms with Crippen LogP contribution in [0.3, 0.4) is 0 Å². The third-order valence-corrected chi connectivity index (χ3v) is 2.20. The molecule has 0 amide bonds. The van der Waals surface area contributed by atoms with Crippen molar-refractivity contribution in [3.05, 3.63) is 50.9 Å². The fourth-order valence-electron chi connectivity index (χ4n) is 1.12. The lowest BCUT2D eigenvalue weighted by molar-refractivity contribution is 0.996. The standard InChI is InChI=1S/C11H9ClN4/c12-11-7-9(4-5-10(11)8-13)3-1-2-6-15-16-14/h1,3-5,7H,2,6H2. The molecule has 0 aromatic heterocycles. The van der Waals surface area contributed by atoms with Crippen LogP contribution in [0.4, 0.5) is 0 Å². The van der Waals surface area contributed by atoms with E-state index in [9.17, 15) is 0 Å². The van der Waals surface area contributed by atoms with Crippen molar-refractivity contribution in [1.29, 1.82) is 5.26 Å². The highest BCUT2D eigenvalue weighted by Crippen LogP contribution is 2.17. The van der Waals surface area contributed by atoms with Gasteiger partial charge in [0.2, 0.25) is 0 Å². The van der Waals surface area contributed by atoms with Gasteiger partial charge in [-0.05, 0) is 29.6 Å². The molecule has 5 heteroatoms. The molecule has 16 heavy (non-hydrogen) atoms. The Hall–Kier alpha value is -1.95. The van der Waals surface area contributed by atoms with Gasteiger partial charge in [-0.25, -0.2) is 0 Å². The minimum atomic E-state index is 0.441. The van der Waals surface area contributed by atoms with E-state index in [2.05, 4.69) is 10.0 Å². The molecule has 0 heterocycles. The first-order valence-corrected chi connectivity index (χ1v) is 5.03. The van der Waals surface area contributed by atoms with Crippen molar-refractivity contribution in [2.75, 3.05) is 6.54 Å². The Morgan fingerprint density at radius 1 is 1.56 bits per heavy atom. The summed E-state index contributed by atoms with van der Waals surface area (Å²) in [6, 6.07) is 7.21. The predicted molar refractivity (Wildman–Crippen MR) is 63.8 cm³/mol. The summed E-state index contributed by atoms with van der Waals surface area (Å²) >= 11 is 5.87. The number of hydrogen-bond donors (Lipinski definition) is 0. The lowest BCUT2D eigenvalue weighted by atomic mass is 10.1. The molecule has 0 aliphatic heterocycles. The van der Waals surface area contributed by atoms with Crippen LogP contribution in [0.2, 0.25) is 5.02 Å². The van der Waals surface area contributed by atoms with Crippen molar-refractivity contribution >= 4 is 17.7 Å². The molecular formula is C11H9ClN4. The van der Waals surface area contributed by atoms with Crippen molar-refractivity contribution < 1.29 is 0 Å². The lowest BCUT2D eigenvalue weighted by Crippen LogP contribution is -1.79. The van der Waals surface area contributed by atoms with Crippen molar-refractivity contribution in [3.8, 4) is 6.07 Å². The van der Waals surface area contributed by atoms with Crippen LogP contribution < -0.4 is 0 Å². The third kappa shape index (κ3) is 3.66. The van der Waals surface area contributed by atoms with Crippen LogP contribution in [0.5, 0.6) is 0 Å². The molecule has 0 atom stereocenters. The van der Waals surface area contributed by atoms with Crippen LogP contribution in [0.1, 0.15) is 17.5 Å². The highest BCUT2D eigenvalue weighted by Gasteiger charge is 1.98. The van der Waals surface area contributed by atoms with Crippen LogP contribution in [0.15, 0.2) is 29.4 Å². The number of rotatable bonds is 4. The van der Waals surface area contributed by atoms with Crippen molar-refractivity contribution in [3.63, 3.8) is 0 Å². The van der Waals surface area contributed by atoms with Crippen molar-refractivity contribution in [1.82, 2.24) is 0 Å². The smallest absolute Gasteiger partial charge is 0.101 e. The molecule has 0 aliphatic carbocycles. The summed E-state index contributed by atoms with van der Waals surface area (Å²) in [7, 11) is 0. The third-order valence-electron chi connectivity index (χ3n) is 1.88. The molecule has 0 radical (unpaired) electrons. The number of benzene rings is 1. The van der Waals surface area contributed by atoms with Gasteiger partial charge < -0.3 is 0 Å². The lowest BCUT2D eigenvalue weighted by Gasteiger charge is -1.96. The Morgan fingerprint density at radius 2 is 2.38 bits per heavy atom. The minimum absolute atomic E-state index is 0.441. The first-order valence-electron chi connectivity index (χ1n) is 4.65. The monoisotopic (exact) mass is 232 g/mol. The van der Waals surface area contributed by atoms with Gasteiger partial charge in [-0.3, -0.25) is 0 Å². The predicted octanol–water partition coefficient (Wildman–Crippen LogP) is 3.93. The quantitative estimate of drug-likeness (QED) is 0.336. The van der Waals surface area contributed by atoms with Gasteiger partial charge in [-0.1, -0.05) is 34.9 Å². The van der Waals surface area contributed by atoms with E-state index in [1.807, 2.05) is 24.3 Å². The summed E-state index contributed by atoms with van der Waals surface area (Å²) in [4.78, 5) is 2.65. The number of azide groups is 1. The molecule has 1 rings (SSSR count). The zero-order chi connectivity index (χ0) is 11.8. The summed E-state index contributed by atoms with van der Waals surface area (Å²) in [5, 5.41) is 12.5. The summed E-state index contributed by atoms with van der Waals surface area (Å²) in [5.74, 6) is 0. The van der Waals surface area contributed by atoms with E-state index in [1.54, 1.807) is 12.1 Å². The summed E-state index contributed by atoms with van der Waals surface area (Å²) in [5.41, 5.74) is 9.45.